The third-order valence-corrected chi connectivity index (χ3v) is 3.86. The van der Waals surface area contributed by atoms with Crippen molar-refractivity contribution in [3.63, 3.8) is 0 Å². The van der Waals surface area contributed by atoms with Crippen LogP contribution in [0.1, 0.15) is 21.6 Å². The zero-order valence-electron chi connectivity index (χ0n) is 14.6. The molecule has 3 rings (SSSR count). The minimum absolute atomic E-state index is 0.199. The molecule has 7 heteroatoms. The number of aromatic nitrogens is 2. The zero-order chi connectivity index (χ0) is 18.5. The lowest BCUT2D eigenvalue weighted by Gasteiger charge is -2.10. The Bertz CT molecular complexity index is 949. The minimum Gasteiger partial charge on any atom is -0.486 e. The SMILES string of the molecule is COC(=O)CNC(=O)c1ccccc1OCc1cn2cccc(C)c2n1. The van der Waals surface area contributed by atoms with Gasteiger partial charge in [-0.1, -0.05) is 18.2 Å². The Morgan fingerprint density at radius 1 is 1.19 bits per heavy atom. The number of hydrogen-bond donors (Lipinski definition) is 1. The summed E-state index contributed by atoms with van der Waals surface area (Å²) >= 11 is 0. The largest absolute Gasteiger partial charge is 0.486 e. The highest BCUT2D eigenvalue weighted by atomic mass is 16.5. The Balaban J connectivity index is 1.72. The Morgan fingerprint density at radius 3 is 2.77 bits per heavy atom. The lowest BCUT2D eigenvalue weighted by atomic mass is 10.2. The van der Waals surface area contributed by atoms with Gasteiger partial charge in [-0.05, 0) is 30.7 Å². The summed E-state index contributed by atoms with van der Waals surface area (Å²) in [7, 11) is 1.27. The summed E-state index contributed by atoms with van der Waals surface area (Å²) in [6.07, 6.45) is 3.81. The monoisotopic (exact) mass is 353 g/mol. The van der Waals surface area contributed by atoms with Crippen molar-refractivity contribution in [2.24, 2.45) is 0 Å². The van der Waals surface area contributed by atoms with Gasteiger partial charge in [-0.2, -0.15) is 0 Å². The lowest BCUT2D eigenvalue weighted by molar-refractivity contribution is -0.139. The fourth-order valence-corrected chi connectivity index (χ4v) is 2.53. The second-order valence-electron chi connectivity index (χ2n) is 5.70. The molecule has 1 N–H and O–H groups in total. The van der Waals surface area contributed by atoms with E-state index in [9.17, 15) is 9.59 Å². The molecule has 1 amide bonds. The first kappa shape index (κ1) is 17.5. The standard InChI is InChI=1S/C19H19N3O4/c1-13-6-5-9-22-11-14(21-18(13)22)12-26-16-8-4-3-7-15(16)19(24)20-10-17(23)25-2/h3-9,11H,10,12H2,1-2H3,(H,20,24). The molecule has 26 heavy (non-hydrogen) atoms. The summed E-state index contributed by atoms with van der Waals surface area (Å²) in [4.78, 5) is 28.0. The van der Waals surface area contributed by atoms with E-state index in [4.69, 9.17) is 4.74 Å². The normalized spacial score (nSPS) is 10.5. The highest BCUT2D eigenvalue weighted by molar-refractivity contribution is 5.98. The molecule has 7 nitrogen and oxygen atoms in total. The fraction of sp³-hybridized carbons (Fsp3) is 0.211. The number of carbonyl (C=O) groups is 2. The molecule has 0 fully saturated rings. The van der Waals surface area contributed by atoms with E-state index in [0.29, 0.717) is 11.3 Å². The van der Waals surface area contributed by atoms with E-state index in [1.54, 1.807) is 24.3 Å². The van der Waals surface area contributed by atoms with E-state index in [-0.39, 0.29) is 13.2 Å². The van der Waals surface area contributed by atoms with Gasteiger partial charge in [0.1, 0.15) is 24.5 Å². The molecule has 0 spiro atoms. The van der Waals surface area contributed by atoms with Gasteiger partial charge in [0.2, 0.25) is 0 Å². The van der Waals surface area contributed by atoms with Crippen LogP contribution in [0, 0.1) is 6.92 Å². The zero-order valence-corrected chi connectivity index (χ0v) is 14.6. The van der Waals surface area contributed by atoms with Crippen molar-refractivity contribution in [2.75, 3.05) is 13.7 Å². The molecular weight excluding hydrogens is 334 g/mol. The molecule has 0 atom stereocenters. The summed E-state index contributed by atoms with van der Waals surface area (Å²) < 4.78 is 12.2. The Hall–Kier alpha value is -3.35. The maximum atomic E-state index is 12.3. The molecule has 0 aliphatic carbocycles. The van der Waals surface area contributed by atoms with Gasteiger partial charge >= 0.3 is 5.97 Å². The van der Waals surface area contributed by atoms with Crippen LogP contribution in [0.3, 0.4) is 0 Å². The van der Waals surface area contributed by atoms with E-state index in [2.05, 4.69) is 15.0 Å². The van der Waals surface area contributed by atoms with Crippen LogP contribution >= 0.6 is 0 Å². The van der Waals surface area contributed by atoms with Crippen LogP contribution in [0.4, 0.5) is 0 Å². The maximum Gasteiger partial charge on any atom is 0.325 e. The highest BCUT2D eigenvalue weighted by Crippen LogP contribution is 2.19. The molecular formula is C19H19N3O4. The number of amides is 1. The first-order chi connectivity index (χ1) is 12.6. The van der Waals surface area contributed by atoms with Crippen LogP contribution in [0.5, 0.6) is 5.75 Å². The Kier molecular flexibility index (Phi) is 5.17. The van der Waals surface area contributed by atoms with Gasteiger partial charge in [0.15, 0.2) is 0 Å². The first-order valence-electron chi connectivity index (χ1n) is 8.08. The molecule has 3 aromatic rings. The number of carbonyl (C=O) groups excluding carboxylic acids is 2. The molecule has 1 aromatic carbocycles. The lowest BCUT2D eigenvalue weighted by Crippen LogP contribution is -2.30. The minimum atomic E-state index is -0.517. The van der Waals surface area contributed by atoms with E-state index in [1.807, 2.05) is 35.9 Å². The molecule has 0 aliphatic heterocycles. The van der Waals surface area contributed by atoms with Gasteiger partial charge in [0.25, 0.3) is 5.91 Å². The predicted molar refractivity (Wildman–Crippen MR) is 95.1 cm³/mol. The molecule has 2 aromatic heterocycles. The van der Waals surface area contributed by atoms with Crippen molar-refractivity contribution < 1.29 is 19.1 Å². The predicted octanol–water partition coefficient (Wildman–Crippen LogP) is 2.12. The number of fused-ring (bicyclic) bond motifs is 1. The van der Waals surface area contributed by atoms with Gasteiger partial charge in [-0.25, -0.2) is 4.98 Å². The van der Waals surface area contributed by atoms with E-state index in [1.165, 1.54) is 7.11 Å². The summed E-state index contributed by atoms with van der Waals surface area (Å²) in [5, 5.41) is 2.50. The number of nitrogens with one attached hydrogen (secondary N) is 1. The number of rotatable bonds is 6. The average molecular weight is 353 g/mol. The summed E-state index contributed by atoms with van der Waals surface area (Å²) in [5.74, 6) is -0.502. The summed E-state index contributed by atoms with van der Waals surface area (Å²) in [6, 6.07) is 10.8. The van der Waals surface area contributed by atoms with Crippen molar-refractivity contribution in [3.05, 3.63) is 65.6 Å². The number of hydrogen-bond acceptors (Lipinski definition) is 5. The first-order valence-corrected chi connectivity index (χ1v) is 8.08. The Morgan fingerprint density at radius 2 is 2.00 bits per heavy atom. The number of methoxy groups -OCH3 is 1. The van der Waals surface area contributed by atoms with Crippen molar-refractivity contribution >= 4 is 17.5 Å². The average Bonchev–Trinajstić information content (AvgIpc) is 3.09. The number of pyridine rings is 1. The van der Waals surface area contributed by atoms with Gasteiger partial charge in [-0.15, -0.1) is 0 Å². The maximum absolute atomic E-state index is 12.3. The summed E-state index contributed by atoms with van der Waals surface area (Å²) in [6.45, 7) is 2.02. The number of imidazole rings is 1. The third-order valence-electron chi connectivity index (χ3n) is 3.86. The molecule has 0 radical (unpaired) electrons. The van der Waals surface area contributed by atoms with Gasteiger partial charge < -0.3 is 19.2 Å². The van der Waals surface area contributed by atoms with E-state index in [0.717, 1.165) is 16.9 Å². The fourth-order valence-electron chi connectivity index (χ4n) is 2.53. The van der Waals surface area contributed by atoms with Crippen molar-refractivity contribution in [3.8, 4) is 5.75 Å². The molecule has 0 unspecified atom stereocenters. The number of nitrogens with zero attached hydrogens (tertiary/aromatic N) is 2. The smallest absolute Gasteiger partial charge is 0.325 e. The van der Waals surface area contributed by atoms with Crippen LogP contribution in [0.25, 0.3) is 5.65 Å². The van der Waals surface area contributed by atoms with Crippen LogP contribution in [0.2, 0.25) is 0 Å². The second-order valence-corrected chi connectivity index (χ2v) is 5.70. The van der Waals surface area contributed by atoms with Crippen molar-refractivity contribution in [1.29, 1.82) is 0 Å². The molecule has 134 valence electrons. The van der Waals surface area contributed by atoms with Gasteiger partial charge in [-0.3, -0.25) is 9.59 Å². The quantitative estimate of drug-likeness (QED) is 0.687. The summed E-state index contributed by atoms with van der Waals surface area (Å²) in [5.41, 5.74) is 3.04. The second kappa shape index (κ2) is 7.69. The molecule has 0 saturated carbocycles. The van der Waals surface area contributed by atoms with Crippen LogP contribution < -0.4 is 10.1 Å². The van der Waals surface area contributed by atoms with Gasteiger partial charge in [0.05, 0.1) is 18.4 Å². The van der Waals surface area contributed by atoms with Crippen LogP contribution in [-0.2, 0) is 16.1 Å². The van der Waals surface area contributed by atoms with Gasteiger partial charge in [0, 0.05) is 12.4 Å². The molecule has 0 aliphatic rings. The topological polar surface area (TPSA) is 81.9 Å². The molecule has 0 saturated heterocycles. The number of aryl methyl sites for hydroxylation is 1. The van der Waals surface area contributed by atoms with Crippen LogP contribution in [0.15, 0.2) is 48.8 Å². The van der Waals surface area contributed by atoms with Crippen molar-refractivity contribution in [1.82, 2.24) is 14.7 Å². The number of ether oxygens (including phenoxy) is 2. The third kappa shape index (κ3) is 3.83. The number of para-hydroxylation sites is 1. The van der Waals surface area contributed by atoms with E-state index >= 15 is 0 Å². The van der Waals surface area contributed by atoms with Crippen LogP contribution in [-0.4, -0.2) is 34.9 Å². The highest BCUT2D eigenvalue weighted by Gasteiger charge is 2.14. The Labute approximate surface area is 150 Å². The van der Waals surface area contributed by atoms with E-state index < -0.39 is 11.9 Å². The van der Waals surface area contributed by atoms with Crippen molar-refractivity contribution in [2.45, 2.75) is 13.5 Å². The molecule has 0 bridgehead atoms. The number of benzene rings is 1. The molecule has 2 heterocycles. The number of esters is 1.